The monoisotopic (exact) mass is 593 g/mol. The third-order valence-corrected chi connectivity index (χ3v) is 8.59. The number of ether oxygens (including phenoxy) is 2. The van der Waals surface area contributed by atoms with Gasteiger partial charge in [0, 0.05) is 14.1 Å². The molecule has 0 bridgehead atoms. The average molecular weight is 594 g/mol. The summed E-state index contributed by atoms with van der Waals surface area (Å²) in [6.45, 7) is 5.90. The molecule has 1 unspecified atom stereocenters. The van der Waals surface area contributed by atoms with Crippen LogP contribution in [0.5, 0.6) is 5.75 Å². The number of alkyl halides is 1. The molecule has 1 saturated carbocycles. The van der Waals surface area contributed by atoms with Gasteiger partial charge in [0.2, 0.25) is 5.95 Å². The van der Waals surface area contributed by atoms with E-state index in [2.05, 4.69) is 20.0 Å². The Morgan fingerprint density at radius 3 is 2.54 bits per heavy atom. The third kappa shape index (κ3) is 5.01. The van der Waals surface area contributed by atoms with Gasteiger partial charge in [0.1, 0.15) is 24.0 Å². The number of anilines is 2. The highest BCUT2D eigenvalue weighted by Crippen LogP contribution is 2.66. The van der Waals surface area contributed by atoms with Gasteiger partial charge < -0.3 is 29.7 Å². The van der Waals surface area contributed by atoms with Crippen molar-refractivity contribution >= 4 is 36.6 Å². The minimum Gasteiger partial charge on any atom is -0.462 e. The SMILES string of the molecule is CC(C)OC(=O)[C@H](C)N[P@@](=O)(Oc1ccccc1)OC1[C@H]2O[C@@H](n3cnc4c(N(C)C)nc(N)nc43)[C@](C)(F)[C@@]12O. The minimum atomic E-state index is -4.40. The molecule has 16 heteroatoms. The van der Waals surface area contributed by atoms with Gasteiger partial charge in [0.05, 0.1) is 12.4 Å². The van der Waals surface area contributed by atoms with Gasteiger partial charge in [-0.05, 0) is 39.8 Å². The summed E-state index contributed by atoms with van der Waals surface area (Å²) in [6.07, 6.45) is -3.12. The molecule has 2 aliphatic rings. The summed E-state index contributed by atoms with van der Waals surface area (Å²) in [4.78, 5) is 26.8. The molecule has 222 valence electrons. The lowest BCUT2D eigenvalue weighted by atomic mass is 9.97. The van der Waals surface area contributed by atoms with Gasteiger partial charge in [-0.15, -0.1) is 0 Å². The maximum absolute atomic E-state index is 16.5. The number of esters is 1. The second-order valence-electron chi connectivity index (χ2n) is 10.7. The number of aromatic nitrogens is 4. The number of benzene rings is 1. The first-order chi connectivity index (χ1) is 19.2. The lowest BCUT2D eigenvalue weighted by Crippen LogP contribution is -2.45. The van der Waals surface area contributed by atoms with Crippen molar-refractivity contribution < 1.29 is 37.4 Å². The predicted molar refractivity (Wildman–Crippen MR) is 146 cm³/mol. The predicted octanol–water partition coefficient (Wildman–Crippen LogP) is 2.35. The second-order valence-corrected chi connectivity index (χ2v) is 12.3. The molecule has 1 aliphatic carbocycles. The molecule has 1 aliphatic heterocycles. The topological polar surface area (TPSA) is 176 Å². The fraction of sp³-hybridized carbons (Fsp3) is 0.520. The first-order valence-electron chi connectivity index (χ1n) is 12.9. The lowest BCUT2D eigenvalue weighted by Gasteiger charge is -2.31. The maximum atomic E-state index is 16.5. The molecular weight excluding hydrogens is 560 g/mol. The number of nitrogens with two attached hydrogens (primary N) is 1. The molecule has 0 amide bonds. The van der Waals surface area contributed by atoms with Gasteiger partial charge >= 0.3 is 13.7 Å². The summed E-state index contributed by atoms with van der Waals surface area (Å²) >= 11 is 0. The van der Waals surface area contributed by atoms with Gasteiger partial charge in [-0.25, -0.2) is 13.9 Å². The lowest BCUT2D eigenvalue weighted by molar-refractivity contribution is -0.149. The van der Waals surface area contributed by atoms with Crippen molar-refractivity contribution in [1.82, 2.24) is 24.6 Å². The third-order valence-electron chi connectivity index (χ3n) is 6.93. The largest absolute Gasteiger partial charge is 0.462 e. The van der Waals surface area contributed by atoms with Crippen LogP contribution >= 0.6 is 7.75 Å². The van der Waals surface area contributed by atoms with Crippen LogP contribution < -0.4 is 20.2 Å². The molecule has 0 radical (unpaired) electrons. The Hall–Kier alpha value is -3.36. The number of imidazole rings is 1. The Balaban J connectivity index is 1.41. The molecule has 2 aromatic heterocycles. The molecule has 5 rings (SSSR count). The number of nitrogens with zero attached hydrogens (tertiary/aromatic N) is 5. The molecule has 1 aromatic carbocycles. The number of aliphatic hydroxyl groups is 1. The molecule has 0 spiro atoms. The van der Waals surface area contributed by atoms with E-state index in [4.69, 9.17) is 24.3 Å². The van der Waals surface area contributed by atoms with Crippen molar-refractivity contribution in [3.63, 3.8) is 0 Å². The molecule has 4 N–H and O–H groups in total. The summed E-state index contributed by atoms with van der Waals surface area (Å²) in [5.74, 6) is -0.176. The first-order valence-corrected chi connectivity index (χ1v) is 14.5. The van der Waals surface area contributed by atoms with Crippen molar-refractivity contribution in [1.29, 1.82) is 0 Å². The van der Waals surface area contributed by atoms with Gasteiger partial charge in [0.15, 0.2) is 34.5 Å². The van der Waals surface area contributed by atoms with Crippen molar-refractivity contribution in [2.45, 2.75) is 69.5 Å². The Kier molecular flexibility index (Phi) is 7.23. The Bertz CT molecular complexity index is 1500. The van der Waals surface area contributed by atoms with E-state index in [9.17, 15) is 14.5 Å². The molecule has 3 heterocycles. The van der Waals surface area contributed by atoms with Crippen LogP contribution in [-0.2, 0) is 23.4 Å². The van der Waals surface area contributed by atoms with E-state index in [0.717, 1.165) is 6.92 Å². The molecule has 7 atom stereocenters. The summed E-state index contributed by atoms with van der Waals surface area (Å²) in [5, 5.41) is 14.0. The molecule has 14 nitrogen and oxygen atoms in total. The molecule has 1 saturated heterocycles. The van der Waals surface area contributed by atoms with Crippen molar-refractivity contribution in [2.75, 3.05) is 24.7 Å². The zero-order chi connectivity index (χ0) is 29.9. The van der Waals surface area contributed by atoms with Crippen LogP contribution in [0.1, 0.15) is 33.9 Å². The van der Waals surface area contributed by atoms with E-state index in [1.165, 1.54) is 30.0 Å². The standard InChI is InChI=1S/C25H33FN7O7P/c1-13(2)37-21(34)14(3)31-41(36,39-15-10-8-7-9-11-15)40-18-17-25(18,35)24(4,26)22(38-17)33-12-28-16-19(32(5)6)29-23(27)30-20(16)33/h7-14,17-18,22,35H,1-6H3,(H,31,36)(H2,27,29,30)/t14-,17+,18?,22+,24-,25-,41+/m0/s1. The van der Waals surface area contributed by atoms with E-state index in [-0.39, 0.29) is 17.3 Å². The highest BCUT2D eigenvalue weighted by molar-refractivity contribution is 7.52. The highest BCUT2D eigenvalue weighted by atomic mass is 31.2. The number of hydrogen-bond donors (Lipinski definition) is 3. The van der Waals surface area contributed by atoms with Crippen LogP contribution in [0.3, 0.4) is 0 Å². The van der Waals surface area contributed by atoms with Gasteiger partial charge in [-0.1, -0.05) is 18.2 Å². The smallest absolute Gasteiger partial charge is 0.459 e. The summed E-state index contributed by atoms with van der Waals surface area (Å²) in [5.41, 5.74) is 1.74. The molecule has 3 aromatic rings. The van der Waals surface area contributed by atoms with E-state index >= 15 is 4.39 Å². The average Bonchev–Trinajstić information content (AvgIpc) is 3.14. The number of rotatable bonds is 10. The van der Waals surface area contributed by atoms with E-state index in [1.807, 2.05) is 0 Å². The van der Waals surface area contributed by atoms with Gasteiger partial charge in [-0.3, -0.25) is 13.9 Å². The van der Waals surface area contributed by atoms with E-state index < -0.39 is 55.6 Å². The first kappa shape index (κ1) is 29.1. The van der Waals surface area contributed by atoms with Crippen LogP contribution in [0.2, 0.25) is 0 Å². The Morgan fingerprint density at radius 2 is 1.95 bits per heavy atom. The Labute approximate surface area is 235 Å². The number of carbonyl (C=O) groups is 1. The summed E-state index contributed by atoms with van der Waals surface area (Å²) in [6, 6.07) is 6.96. The quantitative estimate of drug-likeness (QED) is 0.231. The zero-order valence-corrected chi connectivity index (χ0v) is 24.3. The number of carbonyl (C=O) groups excluding carboxylic acids is 1. The van der Waals surface area contributed by atoms with Crippen LogP contribution in [0.4, 0.5) is 16.2 Å². The van der Waals surface area contributed by atoms with Gasteiger partial charge in [-0.2, -0.15) is 15.1 Å². The van der Waals surface area contributed by atoms with Crippen molar-refractivity contribution in [3.05, 3.63) is 36.7 Å². The zero-order valence-electron chi connectivity index (χ0n) is 23.4. The summed E-state index contributed by atoms with van der Waals surface area (Å²) in [7, 11) is -0.906. The maximum Gasteiger partial charge on any atom is 0.459 e. The number of nitrogen functional groups attached to an aromatic ring is 1. The van der Waals surface area contributed by atoms with Gasteiger partial charge in [0.25, 0.3) is 0 Å². The molecule has 41 heavy (non-hydrogen) atoms. The van der Waals surface area contributed by atoms with E-state index in [0.29, 0.717) is 11.3 Å². The number of halogens is 1. The molecular formula is C25H33FN7O7P. The summed E-state index contributed by atoms with van der Waals surface area (Å²) < 4.78 is 54.2. The highest BCUT2D eigenvalue weighted by Gasteiger charge is 2.85. The Morgan fingerprint density at radius 1 is 1.27 bits per heavy atom. The van der Waals surface area contributed by atoms with Crippen LogP contribution in [0.15, 0.2) is 36.7 Å². The number of para-hydroxylation sites is 1. The van der Waals surface area contributed by atoms with Crippen molar-refractivity contribution in [2.24, 2.45) is 0 Å². The number of hydrogen-bond acceptors (Lipinski definition) is 12. The fourth-order valence-corrected chi connectivity index (χ4v) is 6.55. The van der Waals surface area contributed by atoms with Crippen LogP contribution in [0.25, 0.3) is 11.2 Å². The van der Waals surface area contributed by atoms with Crippen molar-refractivity contribution in [3.8, 4) is 5.75 Å². The second kappa shape index (κ2) is 10.2. The fourth-order valence-electron chi connectivity index (χ4n) is 4.85. The molecule has 2 fully saturated rings. The number of fused-ring (bicyclic) bond motifs is 2. The van der Waals surface area contributed by atoms with E-state index in [1.54, 1.807) is 51.0 Å². The van der Waals surface area contributed by atoms with Crippen LogP contribution in [0, 0.1) is 0 Å². The minimum absolute atomic E-state index is 0.0539. The van der Waals surface area contributed by atoms with Crippen LogP contribution in [-0.4, -0.2) is 80.3 Å². The number of nitrogens with one attached hydrogen (secondary N) is 1. The normalized spacial score (nSPS) is 29.1.